The number of benzene rings is 2. The number of phenols is 1. The summed E-state index contributed by atoms with van der Waals surface area (Å²) in [5, 5.41) is 12.9. The van der Waals surface area contributed by atoms with Gasteiger partial charge in [0.15, 0.2) is 0 Å². The summed E-state index contributed by atoms with van der Waals surface area (Å²) in [6.07, 6.45) is 2.32. The zero-order chi connectivity index (χ0) is 15.4. The minimum atomic E-state index is -0.192. The van der Waals surface area contributed by atoms with E-state index < -0.39 is 0 Å². The van der Waals surface area contributed by atoms with Crippen LogP contribution in [0.4, 0.5) is 5.69 Å². The summed E-state index contributed by atoms with van der Waals surface area (Å²) >= 11 is 1.39. The fourth-order valence-electron chi connectivity index (χ4n) is 2.00. The molecular weight excluding hydrogens is 296 g/mol. The maximum absolute atomic E-state index is 12.2. The normalized spacial score (nSPS) is 10.4. The lowest BCUT2D eigenvalue weighted by Gasteiger charge is -2.02. The van der Waals surface area contributed by atoms with E-state index in [1.165, 1.54) is 29.0 Å². The number of carbonyl (C=O) groups is 1. The number of aromatic hydroxyl groups is 1. The maximum atomic E-state index is 12.2. The number of anilines is 1. The molecule has 0 spiro atoms. The highest BCUT2D eigenvalue weighted by molar-refractivity contribution is 7.13. The quantitative estimate of drug-likeness (QED) is 0.722. The fraction of sp³-hybridized carbons (Fsp3) is 0.0588. The minimum absolute atomic E-state index is 0.168. The van der Waals surface area contributed by atoms with Gasteiger partial charge in [0.1, 0.15) is 10.6 Å². The van der Waals surface area contributed by atoms with Gasteiger partial charge in [0.2, 0.25) is 0 Å². The van der Waals surface area contributed by atoms with Crippen LogP contribution in [0.15, 0.2) is 60.8 Å². The second-order valence-electron chi connectivity index (χ2n) is 4.78. The lowest BCUT2D eigenvalue weighted by atomic mass is 10.2. The number of carbonyl (C=O) groups excluding carboxylic acids is 1. The Morgan fingerprint density at radius 3 is 2.55 bits per heavy atom. The molecule has 1 heterocycles. The van der Waals surface area contributed by atoms with Crippen molar-refractivity contribution >= 4 is 22.9 Å². The van der Waals surface area contributed by atoms with Gasteiger partial charge < -0.3 is 10.4 Å². The van der Waals surface area contributed by atoms with Crippen LogP contribution in [-0.4, -0.2) is 16.0 Å². The van der Waals surface area contributed by atoms with E-state index >= 15 is 0 Å². The molecule has 2 N–H and O–H groups in total. The smallest absolute Gasteiger partial charge is 0.267 e. The van der Waals surface area contributed by atoms with Gasteiger partial charge in [-0.3, -0.25) is 4.79 Å². The van der Waals surface area contributed by atoms with Gasteiger partial charge in [-0.05, 0) is 29.8 Å². The third kappa shape index (κ3) is 3.51. The van der Waals surface area contributed by atoms with E-state index in [2.05, 4.69) is 10.3 Å². The summed E-state index contributed by atoms with van der Waals surface area (Å²) in [6, 6.07) is 16.4. The van der Waals surface area contributed by atoms with Crippen LogP contribution in [-0.2, 0) is 6.42 Å². The van der Waals surface area contributed by atoms with Gasteiger partial charge in [-0.25, -0.2) is 4.98 Å². The SMILES string of the molecule is O=C(Nc1ccc(O)cc1)c1cnc(Cc2ccccc2)s1. The number of rotatable bonds is 4. The molecule has 0 fully saturated rings. The van der Waals surface area contributed by atoms with E-state index in [0.29, 0.717) is 10.6 Å². The molecule has 5 heteroatoms. The first-order valence-electron chi connectivity index (χ1n) is 6.80. The van der Waals surface area contributed by atoms with Crippen molar-refractivity contribution in [3.8, 4) is 5.75 Å². The highest BCUT2D eigenvalue weighted by atomic mass is 32.1. The molecule has 110 valence electrons. The summed E-state index contributed by atoms with van der Waals surface area (Å²) in [5.41, 5.74) is 1.81. The van der Waals surface area contributed by atoms with E-state index in [1.54, 1.807) is 18.3 Å². The van der Waals surface area contributed by atoms with Crippen molar-refractivity contribution in [2.24, 2.45) is 0 Å². The lowest BCUT2D eigenvalue weighted by Crippen LogP contribution is -2.09. The minimum Gasteiger partial charge on any atom is -0.508 e. The Hall–Kier alpha value is -2.66. The predicted octanol–water partition coefficient (Wildman–Crippen LogP) is 3.69. The number of nitrogens with zero attached hydrogens (tertiary/aromatic N) is 1. The van der Waals surface area contributed by atoms with Gasteiger partial charge in [0.05, 0.1) is 11.2 Å². The third-order valence-corrected chi connectivity index (χ3v) is 4.10. The monoisotopic (exact) mass is 310 g/mol. The van der Waals surface area contributed by atoms with Gasteiger partial charge in [0, 0.05) is 12.1 Å². The maximum Gasteiger partial charge on any atom is 0.267 e. The van der Waals surface area contributed by atoms with Crippen LogP contribution in [0.5, 0.6) is 5.75 Å². The molecule has 1 amide bonds. The van der Waals surface area contributed by atoms with E-state index in [-0.39, 0.29) is 11.7 Å². The Balaban J connectivity index is 1.67. The zero-order valence-electron chi connectivity index (χ0n) is 11.7. The number of hydrogen-bond acceptors (Lipinski definition) is 4. The van der Waals surface area contributed by atoms with E-state index in [4.69, 9.17) is 0 Å². The Morgan fingerprint density at radius 2 is 1.82 bits per heavy atom. The number of aromatic nitrogens is 1. The molecule has 0 radical (unpaired) electrons. The molecule has 1 aromatic heterocycles. The molecule has 0 bridgehead atoms. The molecule has 0 aliphatic rings. The molecule has 2 aromatic carbocycles. The topological polar surface area (TPSA) is 62.2 Å². The molecule has 22 heavy (non-hydrogen) atoms. The molecule has 0 atom stereocenters. The molecule has 0 saturated carbocycles. The number of phenolic OH excluding ortho intramolecular Hbond substituents is 1. The standard InChI is InChI=1S/C17H14N2O2S/c20-14-8-6-13(7-9-14)19-17(21)15-11-18-16(22-15)10-12-4-2-1-3-5-12/h1-9,11,20H,10H2,(H,19,21). The van der Waals surface area contributed by atoms with E-state index in [1.807, 2.05) is 30.3 Å². The Kier molecular flexibility index (Phi) is 4.16. The number of hydrogen-bond donors (Lipinski definition) is 2. The summed E-state index contributed by atoms with van der Waals surface area (Å²) < 4.78 is 0. The van der Waals surface area contributed by atoms with Gasteiger partial charge in [-0.1, -0.05) is 30.3 Å². The van der Waals surface area contributed by atoms with Crippen molar-refractivity contribution in [2.75, 3.05) is 5.32 Å². The van der Waals surface area contributed by atoms with Crippen molar-refractivity contribution in [1.82, 2.24) is 4.98 Å². The van der Waals surface area contributed by atoms with Crippen LogP contribution in [0, 0.1) is 0 Å². The van der Waals surface area contributed by atoms with Gasteiger partial charge >= 0.3 is 0 Å². The molecule has 3 rings (SSSR count). The zero-order valence-corrected chi connectivity index (χ0v) is 12.5. The molecule has 4 nitrogen and oxygen atoms in total. The Labute approximate surface area is 132 Å². The number of nitrogens with one attached hydrogen (secondary N) is 1. The van der Waals surface area contributed by atoms with Crippen LogP contribution >= 0.6 is 11.3 Å². The average Bonchev–Trinajstić information content (AvgIpc) is 2.99. The largest absolute Gasteiger partial charge is 0.508 e. The molecule has 0 aliphatic carbocycles. The van der Waals surface area contributed by atoms with Crippen LogP contribution < -0.4 is 5.32 Å². The van der Waals surface area contributed by atoms with Crippen LogP contribution in [0.3, 0.4) is 0 Å². The van der Waals surface area contributed by atoms with Crippen molar-refractivity contribution in [1.29, 1.82) is 0 Å². The molecule has 0 unspecified atom stereocenters. The van der Waals surface area contributed by atoms with Crippen molar-refractivity contribution in [2.45, 2.75) is 6.42 Å². The summed E-state index contributed by atoms with van der Waals surface area (Å²) in [5.74, 6) is -0.0246. The first-order chi connectivity index (χ1) is 10.7. The second-order valence-corrected chi connectivity index (χ2v) is 5.90. The first kappa shape index (κ1) is 14.3. The molecule has 0 saturated heterocycles. The van der Waals surface area contributed by atoms with Crippen LogP contribution in [0.25, 0.3) is 0 Å². The first-order valence-corrected chi connectivity index (χ1v) is 7.61. The van der Waals surface area contributed by atoms with Crippen LogP contribution in [0.2, 0.25) is 0 Å². The van der Waals surface area contributed by atoms with Gasteiger partial charge in [0.25, 0.3) is 5.91 Å². The fourth-order valence-corrected chi connectivity index (χ4v) is 2.85. The highest BCUT2D eigenvalue weighted by Gasteiger charge is 2.11. The summed E-state index contributed by atoms with van der Waals surface area (Å²) in [4.78, 5) is 17.0. The summed E-state index contributed by atoms with van der Waals surface area (Å²) in [6.45, 7) is 0. The van der Waals surface area contributed by atoms with Crippen molar-refractivity contribution < 1.29 is 9.90 Å². The summed E-state index contributed by atoms with van der Waals surface area (Å²) in [7, 11) is 0. The molecule has 0 aliphatic heterocycles. The van der Waals surface area contributed by atoms with Crippen molar-refractivity contribution in [3.05, 3.63) is 76.2 Å². The van der Waals surface area contributed by atoms with E-state index in [9.17, 15) is 9.90 Å². The number of thiazole rings is 1. The molecule has 3 aromatic rings. The lowest BCUT2D eigenvalue weighted by molar-refractivity contribution is 0.103. The van der Waals surface area contributed by atoms with Crippen LogP contribution in [0.1, 0.15) is 20.2 Å². The number of amides is 1. The van der Waals surface area contributed by atoms with Gasteiger partial charge in [-0.2, -0.15) is 0 Å². The Bertz CT molecular complexity index is 767. The Morgan fingerprint density at radius 1 is 1.09 bits per heavy atom. The highest BCUT2D eigenvalue weighted by Crippen LogP contribution is 2.19. The predicted molar refractivity (Wildman–Crippen MR) is 87.4 cm³/mol. The third-order valence-electron chi connectivity index (χ3n) is 3.10. The van der Waals surface area contributed by atoms with Gasteiger partial charge in [-0.15, -0.1) is 11.3 Å². The van der Waals surface area contributed by atoms with Crippen molar-refractivity contribution in [3.63, 3.8) is 0 Å². The second kappa shape index (κ2) is 6.41. The van der Waals surface area contributed by atoms with E-state index in [0.717, 1.165) is 11.4 Å². The average molecular weight is 310 g/mol. The molecular formula is C17H14N2O2S.